The minimum absolute atomic E-state index is 0.0266. The molecule has 2 aromatic carbocycles. The summed E-state index contributed by atoms with van der Waals surface area (Å²) in [5.41, 5.74) is 0.923. The van der Waals surface area contributed by atoms with E-state index >= 15 is 0 Å². The summed E-state index contributed by atoms with van der Waals surface area (Å²) in [6, 6.07) is 12.6. The Balaban J connectivity index is 1.76. The second-order valence-electron chi connectivity index (χ2n) is 5.44. The minimum atomic E-state index is -4.83. The molecule has 0 bridgehead atoms. The van der Waals surface area contributed by atoms with E-state index in [1.54, 1.807) is 16.7 Å². The molecule has 1 aliphatic rings. The third-order valence-corrected chi connectivity index (χ3v) is 5.45. The number of hydrogen-bond acceptors (Lipinski definition) is 3. The summed E-state index contributed by atoms with van der Waals surface area (Å²) in [7, 11) is 0. The SMILES string of the molecule is O=C(Nc1ccccc1OC(F)(F)F)N1CCSC1c1ccc(Br)cc1. The van der Waals surface area contributed by atoms with Crippen LogP contribution in [0, 0.1) is 0 Å². The molecule has 3 rings (SSSR count). The maximum Gasteiger partial charge on any atom is 0.573 e. The molecule has 1 N–H and O–H groups in total. The van der Waals surface area contributed by atoms with E-state index in [0.717, 1.165) is 21.9 Å². The number of alkyl halides is 3. The van der Waals surface area contributed by atoms with Crippen molar-refractivity contribution >= 4 is 39.4 Å². The van der Waals surface area contributed by atoms with Crippen LogP contribution in [0.25, 0.3) is 0 Å². The summed E-state index contributed by atoms with van der Waals surface area (Å²) in [5.74, 6) is 0.301. The summed E-state index contributed by atoms with van der Waals surface area (Å²) < 4.78 is 42.5. The average molecular weight is 447 g/mol. The second kappa shape index (κ2) is 7.79. The van der Waals surface area contributed by atoms with Crippen LogP contribution in [0.15, 0.2) is 53.0 Å². The molecule has 0 radical (unpaired) electrons. The Morgan fingerprint density at radius 2 is 1.88 bits per heavy atom. The van der Waals surface area contributed by atoms with E-state index in [1.165, 1.54) is 18.2 Å². The number of anilines is 1. The molecular weight excluding hydrogens is 433 g/mol. The van der Waals surface area contributed by atoms with E-state index in [2.05, 4.69) is 26.0 Å². The fourth-order valence-corrected chi connectivity index (χ4v) is 4.07. The van der Waals surface area contributed by atoms with Crippen molar-refractivity contribution in [3.8, 4) is 5.75 Å². The summed E-state index contributed by atoms with van der Waals surface area (Å²) in [6.07, 6.45) is -4.83. The number of ether oxygens (including phenoxy) is 1. The van der Waals surface area contributed by atoms with Crippen molar-refractivity contribution < 1.29 is 22.7 Å². The average Bonchev–Trinajstić information content (AvgIpc) is 3.06. The lowest BCUT2D eigenvalue weighted by Crippen LogP contribution is -2.34. The van der Waals surface area contributed by atoms with Gasteiger partial charge in [0.15, 0.2) is 5.75 Å². The lowest BCUT2D eigenvalue weighted by molar-refractivity contribution is -0.274. The molecule has 0 aromatic heterocycles. The predicted molar refractivity (Wildman–Crippen MR) is 98.2 cm³/mol. The molecule has 1 unspecified atom stereocenters. The molecule has 26 heavy (non-hydrogen) atoms. The maximum absolute atomic E-state index is 12.6. The number of para-hydroxylation sites is 2. The molecule has 138 valence electrons. The van der Waals surface area contributed by atoms with Gasteiger partial charge in [0, 0.05) is 16.8 Å². The Bertz CT molecular complexity index is 786. The topological polar surface area (TPSA) is 41.6 Å². The van der Waals surface area contributed by atoms with Crippen LogP contribution in [0.3, 0.4) is 0 Å². The van der Waals surface area contributed by atoms with Crippen LogP contribution < -0.4 is 10.1 Å². The van der Waals surface area contributed by atoms with Gasteiger partial charge in [-0.05, 0) is 29.8 Å². The quantitative estimate of drug-likeness (QED) is 0.664. The number of urea groups is 1. The van der Waals surface area contributed by atoms with Gasteiger partial charge in [-0.25, -0.2) is 4.79 Å². The molecule has 1 aliphatic heterocycles. The first-order valence-corrected chi connectivity index (χ1v) is 9.47. The largest absolute Gasteiger partial charge is 0.573 e. The monoisotopic (exact) mass is 446 g/mol. The molecule has 0 aliphatic carbocycles. The zero-order chi connectivity index (χ0) is 18.7. The van der Waals surface area contributed by atoms with Crippen LogP contribution in [-0.4, -0.2) is 29.6 Å². The van der Waals surface area contributed by atoms with Crippen molar-refractivity contribution in [3.05, 3.63) is 58.6 Å². The van der Waals surface area contributed by atoms with Gasteiger partial charge < -0.3 is 15.0 Å². The number of halogens is 4. The fourth-order valence-electron chi connectivity index (χ4n) is 2.55. The van der Waals surface area contributed by atoms with Gasteiger partial charge in [0.1, 0.15) is 5.37 Å². The first kappa shape index (κ1) is 18.9. The molecular formula is C17H14BrF3N2O2S. The van der Waals surface area contributed by atoms with Crippen molar-refractivity contribution in [3.63, 3.8) is 0 Å². The van der Waals surface area contributed by atoms with E-state index in [0.29, 0.717) is 6.54 Å². The van der Waals surface area contributed by atoms with Crippen LogP contribution >= 0.6 is 27.7 Å². The lowest BCUT2D eigenvalue weighted by Gasteiger charge is -2.25. The lowest BCUT2D eigenvalue weighted by atomic mass is 10.2. The maximum atomic E-state index is 12.6. The predicted octanol–water partition coefficient (Wildman–Crippen LogP) is 5.63. The third kappa shape index (κ3) is 4.64. The number of thioether (sulfide) groups is 1. The number of hydrogen-bond donors (Lipinski definition) is 1. The number of carbonyl (C=O) groups excluding carboxylic acids is 1. The van der Waals surface area contributed by atoms with E-state index in [9.17, 15) is 18.0 Å². The van der Waals surface area contributed by atoms with Crippen molar-refractivity contribution in [2.24, 2.45) is 0 Å². The Hall–Kier alpha value is -1.87. The number of rotatable bonds is 3. The van der Waals surface area contributed by atoms with Gasteiger partial charge in [-0.15, -0.1) is 24.9 Å². The number of nitrogens with one attached hydrogen (secondary N) is 1. The van der Waals surface area contributed by atoms with Crippen LogP contribution in [0.2, 0.25) is 0 Å². The van der Waals surface area contributed by atoms with Gasteiger partial charge in [-0.3, -0.25) is 0 Å². The van der Waals surface area contributed by atoms with Crippen molar-refractivity contribution in [2.45, 2.75) is 11.7 Å². The van der Waals surface area contributed by atoms with E-state index in [-0.39, 0.29) is 11.1 Å². The number of amides is 2. The number of carbonyl (C=O) groups is 1. The molecule has 4 nitrogen and oxygen atoms in total. The molecule has 2 aromatic rings. The zero-order valence-electron chi connectivity index (χ0n) is 13.3. The molecule has 9 heteroatoms. The molecule has 2 amide bonds. The molecule has 1 atom stereocenters. The van der Waals surface area contributed by atoms with Gasteiger partial charge in [-0.2, -0.15) is 0 Å². The smallest absolute Gasteiger partial charge is 0.404 e. The summed E-state index contributed by atoms with van der Waals surface area (Å²) in [5, 5.41) is 2.33. The Kier molecular flexibility index (Phi) is 5.67. The van der Waals surface area contributed by atoms with Crippen LogP contribution in [0.5, 0.6) is 5.75 Å². The van der Waals surface area contributed by atoms with Crippen LogP contribution in [0.4, 0.5) is 23.7 Å². The van der Waals surface area contributed by atoms with Gasteiger partial charge in [-0.1, -0.05) is 40.2 Å². The first-order chi connectivity index (χ1) is 12.3. The van der Waals surface area contributed by atoms with Gasteiger partial charge >= 0.3 is 12.4 Å². The Labute approximate surface area is 160 Å². The van der Waals surface area contributed by atoms with Crippen molar-refractivity contribution in [2.75, 3.05) is 17.6 Å². The molecule has 0 spiro atoms. The van der Waals surface area contributed by atoms with Gasteiger partial charge in [0.2, 0.25) is 0 Å². The Morgan fingerprint density at radius 1 is 1.19 bits per heavy atom. The second-order valence-corrected chi connectivity index (χ2v) is 7.55. The summed E-state index contributed by atoms with van der Waals surface area (Å²) >= 11 is 4.97. The third-order valence-electron chi connectivity index (χ3n) is 3.66. The van der Waals surface area contributed by atoms with E-state index in [1.807, 2.05) is 24.3 Å². The molecule has 0 saturated carbocycles. The highest BCUT2D eigenvalue weighted by Gasteiger charge is 2.34. The highest BCUT2D eigenvalue weighted by molar-refractivity contribution is 9.10. The number of benzene rings is 2. The number of nitrogens with zero attached hydrogens (tertiary/aromatic N) is 1. The minimum Gasteiger partial charge on any atom is -0.404 e. The van der Waals surface area contributed by atoms with Crippen LogP contribution in [0.1, 0.15) is 10.9 Å². The molecule has 1 fully saturated rings. The Morgan fingerprint density at radius 3 is 2.58 bits per heavy atom. The molecule has 1 saturated heterocycles. The van der Waals surface area contributed by atoms with Gasteiger partial charge in [0.05, 0.1) is 5.69 Å². The van der Waals surface area contributed by atoms with Crippen molar-refractivity contribution in [1.29, 1.82) is 0 Å². The highest BCUT2D eigenvalue weighted by atomic mass is 79.9. The summed E-state index contributed by atoms with van der Waals surface area (Å²) in [6.45, 7) is 0.500. The van der Waals surface area contributed by atoms with Gasteiger partial charge in [0.25, 0.3) is 0 Å². The first-order valence-electron chi connectivity index (χ1n) is 7.63. The van der Waals surface area contributed by atoms with Crippen molar-refractivity contribution in [1.82, 2.24) is 4.90 Å². The van der Waals surface area contributed by atoms with E-state index in [4.69, 9.17) is 0 Å². The fraction of sp³-hybridized carbons (Fsp3) is 0.235. The van der Waals surface area contributed by atoms with E-state index < -0.39 is 18.1 Å². The summed E-state index contributed by atoms with van der Waals surface area (Å²) in [4.78, 5) is 14.2. The normalized spacial score (nSPS) is 17.2. The van der Waals surface area contributed by atoms with Crippen LogP contribution in [-0.2, 0) is 0 Å². The molecule has 1 heterocycles. The highest BCUT2D eigenvalue weighted by Crippen LogP contribution is 2.39. The standard InChI is InChI=1S/C17H14BrF3N2O2S/c18-12-7-5-11(6-8-12)15-23(9-10-26-15)16(24)22-13-3-1-2-4-14(13)25-17(19,20)21/h1-8,15H,9-10H2,(H,22,24). The zero-order valence-corrected chi connectivity index (χ0v) is 15.7.